The van der Waals surface area contributed by atoms with Gasteiger partial charge in [0.1, 0.15) is 13.2 Å². The Morgan fingerprint density at radius 3 is 2.85 bits per heavy atom. The van der Waals surface area contributed by atoms with Gasteiger partial charge in [0.05, 0.1) is 6.04 Å². The highest BCUT2D eigenvalue weighted by Crippen LogP contribution is 2.30. The van der Waals surface area contributed by atoms with Gasteiger partial charge < -0.3 is 20.5 Å². The monoisotopic (exact) mass is 278 g/mol. The number of carbonyl (C=O) groups excluding carboxylic acids is 1. The summed E-state index contributed by atoms with van der Waals surface area (Å²) in [5, 5.41) is 2.86. The summed E-state index contributed by atoms with van der Waals surface area (Å²) in [5.41, 5.74) is 6.86. The van der Waals surface area contributed by atoms with Crippen LogP contribution in [0.25, 0.3) is 0 Å². The average Bonchev–Trinajstić information content (AvgIpc) is 2.47. The first-order valence-corrected chi connectivity index (χ1v) is 7.12. The normalized spacial score (nSPS) is 14.7. The molecule has 3 N–H and O–H groups in total. The summed E-state index contributed by atoms with van der Waals surface area (Å²) < 4.78 is 11.0. The third-order valence-electron chi connectivity index (χ3n) is 3.26. The molecule has 0 aromatic heterocycles. The zero-order valence-electron chi connectivity index (χ0n) is 11.9. The van der Waals surface area contributed by atoms with E-state index >= 15 is 0 Å². The average molecular weight is 278 g/mol. The zero-order valence-corrected chi connectivity index (χ0v) is 11.9. The molecule has 0 saturated carbocycles. The summed E-state index contributed by atoms with van der Waals surface area (Å²) in [5.74, 6) is 1.49. The molecule has 1 heterocycles. The summed E-state index contributed by atoms with van der Waals surface area (Å²) in [7, 11) is 0. The Labute approximate surface area is 119 Å². The minimum absolute atomic E-state index is 0.0793. The highest BCUT2D eigenvalue weighted by molar-refractivity contribution is 5.81. The molecule has 1 aromatic rings. The fraction of sp³-hybridized carbons (Fsp3) is 0.533. The molecule has 1 aliphatic heterocycles. The van der Waals surface area contributed by atoms with Crippen LogP contribution in [0.5, 0.6) is 11.5 Å². The van der Waals surface area contributed by atoms with Crippen LogP contribution in [0.2, 0.25) is 0 Å². The molecular formula is C15H22N2O3. The summed E-state index contributed by atoms with van der Waals surface area (Å²) in [4.78, 5) is 11.7. The molecule has 1 atom stereocenters. The van der Waals surface area contributed by atoms with Crippen LogP contribution in [-0.2, 0) is 11.2 Å². The van der Waals surface area contributed by atoms with Gasteiger partial charge in [0.2, 0.25) is 5.91 Å². The number of nitrogens with two attached hydrogens (primary N) is 1. The fourth-order valence-electron chi connectivity index (χ4n) is 2.15. The highest BCUT2D eigenvalue weighted by Gasteiger charge is 2.13. The Kier molecular flexibility index (Phi) is 5.24. The van der Waals surface area contributed by atoms with E-state index in [-0.39, 0.29) is 5.91 Å². The molecule has 20 heavy (non-hydrogen) atoms. The molecule has 1 unspecified atom stereocenters. The number of benzene rings is 1. The first-order chi connectivity index (χ1) is 9.70. The lowest BCUT2D eigenvalue weighted by molar-refractivity contribution is -0.122. The maximum atomic E-state index is 11.7. The van der Waals surface area contributed by atoms with Gasteiger partial charge in [-0.1, -0.05) is 19.4 Å². The molecule has 0 bridgehead atoms. The Morgan fingerprint density at radius 2 is 2.10 bits per heavy atom. The van der Waals surface area contributed by atoms with E-state index in [1.165, 1.54) is 0 Å². The van der Waals surface area contributed by atoms with E-state index < -0.39 is 6.04 Å². The van der Waals surface area contributed by atoms with Crippen LogP contribution in [0.15, 0.2) is 18.2 Å². The largest absolute Gasteiger partial charge is 0.486 e. The van der Waals surface area contributed by atoms with E-state index in [4.69, 9.17) is 15.2 Å². The lowest BCUT2D eigenvalue weighted by Crippen LogP contribution is -2.41. The van der Waals surface area contributed by atoms with Crippen molar-refractivity contribution in [1.29, 1.82) is 0 Å². The number of carbonyl (C=O) groups is 1. The minimum atomic E-state index is -0.403. The first kappa shape index (κ1) is 14.7. The third kappa shape index (κ3) is 3.87. The van der Waals surface area contributed by atoms with Gasteiger partial charge in [-0.05, 0) is 30.5 Å². The number of fused-ring (bicyclic) bond motifs is 1. The van der Waals surface area contributed by atoms with E-state index in [0.717, 1.165) is 36.3 Å². The molecule has 2 rings (SSSR count). The number of hydrogen-bond acceptors (Lipinski definition) is 4. The Bertz CT molecular complexity index is 462. The molecule has 5 nitrogen and oxygen atoms in total. The Hall–Kier alpha value is -1.75. The summed E-state index contributed by atoms with van der Waals surface area (Å²) in [6.07, 6.45) is 2.38. The van der Waals surface area contributed by atoms with Gasteiger partial charge in [-0.25, -0.2) is 0 Å². The molecule has 0 aliphatic carbocycles. The standard InChI is InChI=1S/C15H22N2O3/c1-2-3-12(16)15(18)17-7-6-11-4-5-13-14(10-11)20-9-8-19-13/h4-5,10,12H,2-3,6-9,16H2,1H3,(H,17,18). The molecule has 0 radical (unpaired) electrons. The number of ether oxygens (including phenoxy) is 2. The smallest absolute Gasteiger partial charge is 0.236 e. The topological polar surface area (TPSA) is 73.6 Å². The molecule has 110 valence electrons. The lowest BCUT2D eigenvalue weighted by Gasteiger charge is -2.19. The number of nitrogens with one attached hydrogen (secondary N) is 1. The molecule has 1 aliphatic rings. The van der Waals surface area contributed by atoms with Crippen LogP contribution in [-0.4, -0.2) is 31.7 Å². The molecule has 0 saturated heterocycles. The van der Waals surface area contributed by atoms with Crippen molar-refractivity contribution in [2.45, 2.75) is 32.2 Å². The van der Waals surface area contributed by atoms with E-state index in [0.29, 0.717) is 19.8 Å². The molecule has 0 fully saturated rings. The molecule has 5 heteroatoms. The molecule has 1 aromatic carbocycles. The Balaban J connectivity index is 1.81. The van der Waals surface area contributed by atoms with E-state index in [1.54, 1.807) is 0 Å². The quantitative estimate of drug-likeness (QED) is 0.821. The zero-order chi connectivity index (χ0) is 14.4. The highest BCUT2D eigenvalue weighted by atomic mass is 16.6. The van der Waals surface area contributed by atoms with Crippen molar-refractivity contribution in [2.24, 2.45) is 5.73 Å². The van der Waals surface area contributed by atoms with Gasteiger partial charge in [0, 0.05) is 6.54 Å². The van der Waals surface area contributed by atoms with Crippen LogP contribution >= 0.6 is 0 Å². The lowest BCUT2D eigenvalue weighted by atomic mass is 10.1. The van der Waals surface area contributed by atoms with Gasteiger partial charge in [-0.2, -0.15) is 0 Å². The van der Waals surface area contributed by atoms with E-state index in [9.17, 15) is 4.79 Å². The van der Waals surface area contributed by atoms with Crippen molar-refractivity contribution in [1.82, 2.24) is 5.32 Å². The summed E-state index contributed by atoms with van der Waals surface area (Å²) >= 11 is 0. The minimum Gasteiger partial charge on any atom is -0.486 e. The second-order valence-electron chi connectivity index (χ2n) is 4.91. The molecular weight excluding hydrogens is 256 g/mol. The van der Waals surface area contributed by atoms with Crippen molar-refractivity contribution >= 4 is 5.91 Å². The van der Waals surface area contributed by atoms with Crippen LogP contribution < -0.4 is 20.5 Å². The predicted molar refractivity (Wildman–Crippen MR) is 77.0 cm³/mol. The van der Waals surface area contributed by atoms with Crippen LogP contribution in [0.4, 0.5) is 0 Å². The number of rotatable bonds is 6. The summed E-state index contributed by atoms with van der Waals surface area (Å²) in [6.45, 7) is 3.77. The number of hydrogen-bond donors (Lipinski definition) is 2. The van der Waals surface area contributed by atoms with Gasteiger partial charge in [-0.3, -0.25) is 4.79 Å². The van der Waals surface area contributed by atoms with Crippen LogP contribution in [0.1, 0.15) is 25.3 Å². The maximum Gasteiger partial charge on any atom is 0.236 e. The van der Waals surface area contributed by atoms with Crippen molar-refractivity contribution in [3.63, 3.8) is 0 Å². The van der Waals surface area contributed by atoms with E-state index in [2.05, 4.69) is 5.32 Å². The molecule has 0 spiro atoms. The maximum absolute atomic E-state index is 11.7. The summed E-state index contributed by atoms with van der Waals surface area (Å²) in [6, 6.07) is 5.47. The Morgan fingerprint density at radius 1 is 1.35 bits per heavy atom. The second kappa shape index (κ2) is 7.14. The van der Waals surface area contributed by atoms with Gasteiger partial charge in [0.25, 0.3) is 0 Å². The molecule has 1 amide bonds. The van der Waals surface area contributed by atoms with Crippen molar-refractivity contribution in [3.8, 4) is 11.5 Å². The van der Waals surface area contributed by atoms with Gasteiger partial charge >= 0.3 is 0 Å². The van der Waals surface area contributed by atoms with Crippen molar-refractivity contribution in [3.05, 3.63) is 23.8 Å². The predicted octanol–water partition coefficient (Wildman–Crippen LogP) is 1.24. The SMILES string of the molecule is CCCC(N)C(=O)NCCc1ccc2c(c1)OCCO2. The van der Waals surface area contributed by atoms with Crippen LogP contribution in [0, 0.1) is 0 Å². The van der Waals surface area contributed by atoms with Gasteiger partial charge in [0.15, 0.2) is 11.5 Å². The number of amides is 1. The van der Waals surface area contributed by atoms with Crippen molar-refractivity contribution < 1.29 is 14.3 Å². The first-order valence-electron chi connectivity index (χ1n) is 7.12. The second-order valence-corrected chi connectivity index (χ2v) is 4.91. The van der Waals surface area contributed by atoms with Gasteiger partial charge in [-0.15, -0.1) is 0 Å². The van der Waals surface area contributed by atoms with Crippen LogP contribution in [0.3, 0.4) is 0 Å². The van der Waals surface area contributed by atoms with E-state index in [1.807, 2.05) is 25.1 Å². The van der Waals surface area contributed by atoms with Crippen molar-refractivity contribution in [2.75, 3.05) is 19.8 Å². The fourth-order valence-corrected chi connectivity index (χ4v) is 2.15. The third-order valence-corrected chi connectivity index (χ3v) is 3.26.